The lowest BCUT2D eigenvalue weighted by atomic mass is 9.92. The molecule has 1 heterocycles. The third-order valence-electron chi connectivity index (χ3n) is 6.34. The van der Waals surface area contributed by atoms with E-state index in [9.17, 15) is 17.6 Å². The van der Waals surface area contributed by atoms with Gasteiger partial charge < -0.3 is 9.64 Å². The highest BCUT2D eigenvalue weighted by molar-refractivity contribution is 7.92. The Kier molecular flexibility index (Phi) is 6.50. The predicted molar refractivity (Wildman–Crippen MR) is 116 cm³/mol. The monoisotopic (exact) mass is 462 g/mol. The number of sulfone groups is 1. The molecule has 1 aliphatic heterocycles. The number of piperidine rings is 1. The van der Waals surface area contributed by atoms with Crippen LogP contribution in [0.15, 0.2) is 53.4 Å². The topological polar surface area (TPSA) is 95.9 Å². The van der Waals surface area contributed by atoms with Crippen molar-refractivity contribution in [1.29, 1.82) is 0 Å². The van der Waals surface area contributed by atoms with Crippen LogP contribution in [0.4, 0.5) is 4.39 Å². The standard InChI is InChI=1S/C23H27FN2O5S/c24-18-3-5-19(6-4-18)31-20-7-9-21(10-8-20)32(29,30)23(15-22(27)25-28)11-13-26(14-12-23)16-17-1-2-17/h3-10,17,28H,1-2,11-16H2,(H,25,27). The van der Waals surface area contributed by atoms with Gasteiger partial charge in [-0.05, 0) is 93.2 Å². The van der Waals surface area contributed by atoms with Crippen molar-refractivity contribution in [2.75, 3.05) is 19.6 Å². The van der Waals surface area contributed by atoms with E-state index in [1.54, 1.807) is 5.48 Å². The normalized spacial score (nSPS) is 18.8. The first-order valence-corrected chi connectivity index (χ1v) is 12.2. The third kappa shape index (κ3) is 4.95. The number of likely N-dealkylation sites (tertiary alicyclic amines) is 1. The molecule has 2 fully saturated rings. The smallest absolute Gasteiger partial charge is 0.244 e. The molecule has 0 spiro atoms. The summed E-state index contributed by atoms with van der Waals surface area (Å²) in [6.07, 6.45) is 2.79. The largest absolute Gasteiger partial charge is 0.457 e. The Hall–Kier alpha value is -2.49. The quantitative estimate of drug-likeness (QED) is 0.460. The predicted octanol–water partition coefficient (Wildman–Crippen LogP) is 3.53. The van der Waals surface area contributed by atoms with Crippen LogP contribution < -0.4 is 10.2 Å². The second-order valence-corrected chi connectivity index (χ2v) is 11.0. The van der Waals surface area contributed by atoms with E-state index in [4.69, 9.17) is 9.94 Å². The van der Waals surface area contributed by atoms with Gasteiger partial charge >= 0.3 is 0 Å². The van der Waals surface area contributed by atoms with Gasteiger partial charge in [-0.2, -0.15) is 0 Å². The minimum absolute atomic E-state index is 0.102. The average Bonchev–Trinajstić information content (AvgIpc) is 3.61. The summed E-state index contributed by atoms with van der Waals surface area (Å²) in [5.74, 6) is 0.464. The van der Waals surface area contributed by atoms with Crippen molar-refractivity contribution in [3.63, 3.8) is 0 Å². The van der Waals surface area contributed by atoms with Crippen molar-refractivity contribution in [2.45, 2.75) is 41.7 Å². The van der Waals surface area contributed by atoms with Crippen LogP contribution in [0.25, 0.3) is 0 Å². The number of ether oxygens (including phenoxy) is 1. The van der Waals surface area contributed by atoms with Crippen LogP contribution in [0.3, 0.4) is 0 Å². The van der Waals surface area contributed by atoms with Gasteiger partial charge in [-0.25, -0.2) is 18.3 Å². The zero-order valence-corrected chi connectivity index (χ0v) is 18.5. The van der Waals surface area contributed by atoms with Crippen LogP contribution in [0.2, 0.25) is 0 Å². The summed E-state index contributed by atoms with van der Waals surface area (Å²) in [5.41, 5.74) is 1.59. The van der Waals surface area contributed by atoms with Crippen molar-refractivity contribution < 1.29 is 27.5 Å². The molecule has 0 atom stereocenters. The minimum atomic E-state index is -3.86. The first-order chi connectivity index (χ1) is 15.3. The number of nitrogens with one attached hydrogen (secondary N) is 1. The maximum absolute atomic E-state index is 13.6. The summed E-state index contributed by atoms with van der Waals surface area (Å²) in [4.78, 5) is 14.4. The van der Waals surface area contributed by atoms with Gasteiger partial charge in [-0.1, -0.05) is 0 Å². The molecular weight excluding hydrogens is 435 g/mol. The van der Waals surface area contributed by atoms with Crippen LogP contribution in [0.5, 0.6) is 11.5 Å². The first kappa shape index (κ1) is 22.7. The van der Waals surface area contributed by atoms with E-state index >= 15 is 0 Å². The first-order valence-electron chi connectivity index (χ1n) is 10.7. The molecule has 1 saturated heterocycles. The number of carbonyl (C=O) groups excluding carboxylic acids is 1. The molecule has 2 aromatic rings. The number of carbonyl (C=O) groups is 1. The summed E-state index contributed by atoms with van der Waals surface area (Å²) in [6.45, 7) is 2.16. The van der Waals surface area contributed by atoms with Crippen molar-refractivity contribution in [2.24, 2.45) is 5.92 Å². The van der Waals surface area contributed by atoms with Crippen LogP contribution in [0, 0.1) is 11.7 Å². The van der Waals surface area contributed by atoms with Crippen LogP contribution in [-0.2, 0) is 14.6 Å². The number of hydrogen-bond acceptors (Lipinski definition) is 6. The number of nitrogens with zero attached hydrogens (tertiary/aromatic N) is 1. The zero-order valence-electron chi connectivity index (χ0n) is 17.7. The Balaban J connectivity index is 1.53. The van der Waals surface area contributed by atoms with Gasteiger partial charge in [0, 0.05) is 13.0 Å². The number of hydrogen-bond donors (Lipinski definition) is 2. The number of halogens is 1. The van der Waals surface area contributed by atoms with Gasteiger partial charge in [0.15, 0.2) is 9.84 Å². The average molecular weight is 463 g/mol. The highest BCUT2D eigenvalue weighted by Gasteiger charge is 2.48. The fourth-order valence-corrected chi connectivity index (χ4v) is 6.29. The Morgan fingerprint density at radius 2 is 1.62 bits per heavy atom. The van der Waals surface area contributed by atoms with E-state index in [0.29, 0.717) is 43.3 Å². The molecule has 9 heteroatoms. The van der Waals surface area contributed by atoms with Crippen LogP contribution >= 0.6 is 0 Å². The van der Waals surface area contributed by atoms with E-state index in [1.165, 1.54) is 61.4 Å². The van der Waals surface area contributed by atoms with Gasteiger partial charge in [0.1, 0.15) is 17.3 Å². The lowest BCUT2D eigenvalue weighted by molar-refractivity contribution is -0.130. The van der Waals surface area contributed by atoms with Crippen molar-refractivity contribution in [3.8, 4) is 11.5 Å². The fourth-order valence-electron chi connectivity index (χ4n) is 4.26. The van der Waals surface area contributed by atoms with Crippen molar-refractivity contribution >= 4 is 15.7 Å². The number of hydroxylamine groups is 1. The zero-order chi connectivity index (χ0) is 22.8. The molecule has 2 aromatic carbocycles. The molecule has 1 saturated carbocycles. The Morgan fingerprint density at radius 3 is 2.16 bits per heavy atom. The SMILES string of the molecule is O=C(CC1(S(=O)(=O)c2ccc(Oc3ccc(F)cc3)cc2)CCN(CC2CC2)CC1)NO. The summed E-state index contributed by atoms with van der Waals surface area (Å²) >= 11 is 0. The molecule has 2 aliphatic rings. The molecule has 2 N–H and O–H groups in total. The second kappa shape index (κ2) is 9.17. The van der Waals surface area contributed by atoms with Crippen molar-refractivity contribution in [1.82, 2.24) is 10.4 Å². The van der Waals surface area contributed by atoms with Crippen LogP contribution in [-0.4, -0.2) is 48.8 Å². The van der Waals surface area contributed by atoms with Gasteiger partial charge in [0.05, 0.1) is 9.64 Å². The molecule has 7 nitrogen and oxygen atoms in total. The van der Waals surface area contributed by atoms with Gasteiger partial charge in [0.25, 0.3) is 0 Å². The van der Waals surface area contributed by atoms with Crippen molar-refractivity contribution in [3.05, 3.63) is 54.3 Å². The number of benzene rings is 2. The molecule has 4 rings (SSSR count). The summed E-state index contributed by atoms with van der Waals surface area (Å²) < 4.78 is 44.7. The highest BCUT2D eigenvalue weighted by Crippen LogP contribution is 2.40. The summed E-state index contributed by atoms with van der Waals surface area (Å²) in [5, 5.41) is 9.04. The molecule has 0 aromatic heterocycles. The van der Waals surface area contributed by atoms with E-state index in [2.05, 4.69) is 4.90 Å². The molecular formula is C23H27FN2O5S. The molecule has 1 amide bonds. The molecule has 172 valence electrons. The molecule has 0 unspecified atom stereocenters. The molecule has 32 heavy (non-hydrogen) atoms. The van der Waals surface area contributed by atoms with E-state index < -0.39 is 20.5 Å². The summed E-state index contributed by atoms with van der Waals surface area (Å²) in [6, 6.07) is 11.5. The van der Waals surface area contributed by atoms with E-state index in [-0.39, 0.29) is 17.1 Å². The molecule has 0 bridgehead atoms. The van der Waals surface area contributed by atoms with E-state index in [1.807, 2.05) is 0 Å². The van der Waals surface area contributed by atoms with Gasteiger partial charge in [-0.3, -0.25) is 10.0 Å². The molecule has 0 radical (unpaired) electrons. The Labute approximate surface area is 187 Å². The Bertz CT molecular complexity index is 1040. The fraction of sp³-hybridized carbons (Fsp3) is 0.435. The minimum Gasteiger partial charge on any atom is -0.457 e. The van der Waals surface area contributed by atoms with E-state index in [0.717, 1.165) is 6.54 Å². The second-order valence-electron chi connectivity index (χ2n) is 8.67. The lowest BCUT2D eigenvalue weighted by Crippen LogP contribution is -2.51. The van der Waals surface area contributed by atoms with Gasteiger partial charge in [-0.15, -0.1) is 0 Å². The third-order valence-corrected chi connectivity index (χ3v) is 8.93. The number of rotatable bonds is 8. The number of amides is 1. The Morgan fingerprint density at radius 1 is 1.06 bits per heavy atom. The van der Waals surface area contributed by atoms with Gasteiger partial charge in [0.2, 0.25) is 5.91 Å². The van der Waals surface area contributed by atoms with Crippen LogP contribution in [0.1, 0.15) is 32.1 Å². The highest BCUT2D eigenvalue weighted by atomic mass is 32.2. The summed E-state index contributed by atoms with van der Waals surface area (Å²) in [7, 11) is -3.86. The maximum atomic E-state index is 13.6. The lowest BCUT2D eigenvalue weighted by Gasteiger charge is -2.40. The molecule has 1 aliphatic carbocycles. The maximum Gasteiger partial charge on any atom is 0.244 e.